The summed E-state index contributed by atoms with van der Waals surface area (Å²) >= 11 is 0. The minimum atomic E-state index is -1.50. The Morgan fingerprint density at radius 1 is 0.333 bits per heavy atom. The van der Waals surface area contributed by atoms with Crippen LogP contribution in [0.15, 0.2) is 0 Å². The highest BCUT2D eigenvalue weighted by molar-refractivity contribution is 5.71. The van der Waals surface area contributed by atoms with Gasteiger partial charge in [-0.15, -0.1) is 0 Å². The number of unbranched alkanes of at least 4 members (excludes halogenated alkanes) is 51. The molecule has 0 saturated carbocycles. The van der Waals surface area contributed by atoms with Crippen LogP contribution in [0.2, 0.25) is 0 Å². The van der Waals surface area contributed by atoms with Gasteiger partial charge >= 0.3 is 17.9 Å². The summed E-state index contributed by atoms with van der Waals surface area (Å²) in [7, 11) is 5.99. The van der Waals surface area contributed by atoms with Gasteiger partial charge in [-0.3, -0.25) is 9.59 Å². The van der Waals surface area contributed by atoms with E-state index in [0.29, 0.717) is 17.4 Å². The summed E-state index contributed by atoms with van der Waals surface area (Å²) in [5.41, 5.74) is 0. The van der Waals surface area contributed by atoms with Gasteiger partial charge in [0.1, 0.15) is 13.2 Å². The Bertz CT molecular complexity index is 1240. The first-order chi connectivity index (χ1) is 38.1. The standard InChI is InChI=1S/C69H135NO8/c1-6-8-10-12-14-16-18-20-22-24-26-28-30-31-32-33-34-35-36-38-40-42-44-46-48-50-52-54-56-58-60-67(72)78-65(64-77-69(68(73)74)75-62-61-70(3,4)5)63-76-66(71)59-57-55-53-51-49-47-45-43-41-39-37-29-27-25-23-21-19-17-15-13-11-9-7-2/h65,69H,6-64H2,1-5H3/p+1. The number of carboxylic acid groups (broad SMARTS) is 1. The van der Waals surface area contributed by atoms with Crippen molar-refractivity contribution in [3.63, 3.8) is 0 Å². The fourth-order valence-electron chi connectivity index (χ4n) is 10.8. The molecule has 0 fully saturated rings. The van der Waals surface area contributed by atoms with Crippen LogP contribution < -0.4 is 0 Å². The zero-order valence-corrected chi connectivity index (χ0v) is 53.1. The average molecular weight is 1110 g/mol. The SMILES string of the molecule is CCCCCCCCCCCCCCCCCCCCCCCCCCCCCCCCC(=O)OC(COC(=O)CCCCCCCCCCCCCCCCCCCCCCCCC)COC(OCC[N+](C)(C)C)C(=O)O. The minimum absolute atomic E-state index is 0.172. The predicted octanol–water partition coefficient (Wildman–Crippen LogP) is 21.1. The molecule has 0 saturated heterocycles. The molecule has 0 aliphatic heterocycles. The van der Waals surface area contributed by atoms with Crippen molar-refractivity contribution in [1.29, 1.82) is 0 Å². The van der Waals surface area contributed by atoms with E-state index in [1.807, 2.05) is 21.1 Å². The molecule has 2 unspecified atom stereocenters. The third kappa shape index (κ3) is 61.9. The van der Waals surface area contributed by atoms with Crippen LogP contribution in [0, 0.1) is 0 Å². The van der Waals surface area contributed by atoms with Crippen LogP contribution in [0.1, 0.15) is 367 Å². The van der Waals surface area contributed by atoms with Crippen molar-refractivity contribution in [2.45, 2.75) is 379 Å². The number of rotatable bonds is 66. The van der Waals surface area contributed by atoms with Crippen molar-refractivity contribution in [2.75, 3.05) is 47.5 Å². The Morgan fingerprint density at radius 3 is 0.821 bits per heavy atom. The summed E-state index contributed by atoms with van der Waals surface area (Å²) in [6, 6.07) is 0. The van der Waals surface area contributed by atoms with E-state index >= 15 is 0 Å². The van der Waals surface area contributed by atoms with Gasteiger partial charge in [-0.1, -0.05) is 341 Å². The summed E-state index contributed by atoms with van der Waals surface area (Å²) in [5, 5.41) is 9.74. The molecular formula is C69H136NO8+. The van der Waals surface area contributed by atoms with Crippen molar-refractivity contribution in [2.24, 2.45) is 0 Å². The Labute approximate surface area is 485 Å². The van der Waals surface area contributed by atoms with E-state index in [1.165, 1.54) is 302 Å². The summed E-state index contributed by atoms with van der Waals surface area (Å²) < 4.78 is 23.0. The van der Waals surface area contributed by atoms with Gasteiger partial charge in [-0.2, -0.15) is 0 Å². The number of carbonyl (C=O) groups is 3. The van der Waals surface area contributed by atoms with Crippen LogP contribution in [0.4, 0.5) is 0 Å². The number of hydrogen-bond donors (Lipinski definition) is 1. The van der Waals surface area contributed by atoms with Crippen molar-refractivity contribution in [3.8, 4) is 0 Å². The molecule has 0 aromatic heterocycles. The quantitative estimate of drug-likeness (QED) is 0.0278. The van der Waals surface area contributed by atoms with Crippen molar-refractivity contribution in [1.82, 2.24) is 0 Å². The van der Waals surface area contributed by atoms with Crippen molar-refractivity contribution < 1.29 is 42.9 Å². The predicted molar refractivity (Wildman–Crippen MR) is 332 cm³/mol. The number of quaternary nitrogens is 1. The molecule has 0 rings (SSSR count). The highest BCUT2D eigenvalue weighted by atomic mass is 16.7. The van der Waals surface area contributed by atoms with E-state index in [1.54, 1.807) is 0 Å². The summed E-state index contributed by atoms with van der Waals surface area (Å²) in [6.45, 7) is 4.97. The summed E-state index contributed by atoms with van der Waals surface area (Å²) in [6.07, 6.45) is 69.3. The average Bonchev–Trinajstić information content (AvgIpc) is 3.41. The Morgan fingerprint density at radius 2 is 0.577 bits per heavy atom. The fourth-order valence-corrected chi connectivity index (χ4v) is 10.8. The molecule has 0 heterocycles. The number of ether oxygens (including phenoxy) is 4. The third-order valence-electron chi connectivity index (χ3n) is 16.1. The molecule has 0 bridgehead atoms. The lowest BCUT2D eigenvalue weighted by Crippen LogP contribution is -2.40. The summed E-state index contributed by atoms with van der Waals surface area (Å²) in [4.78, 5) is 37.6. The maximum atomic E-state index is 12.9. The lowest BCUT2D eigenvalue weighted by molar-refractivity contribution is -0.870. The molecule has 0 aromatic carbocycles. The molecule has 0 radical (unpaired) electrons. The fraction of sp³-hybridized carbons (Fsp3) is 0.957. The molecule has 0 aromatic rings. The molecule has 9 nitrogen and oxygen atoms in total. The number of aliphatic carboxylic acids is 1. The number of likely N-dealkylation sites (N-methyl/N-ethyl adjacent to an activating group) is 1. The normalized spacial score (nSPS) is 12.6. The summed E-state index contributed by atoms with van der Waals surface area (Å²) in [5.74, 6) is -1.97. The topological polar surface area (TPSA) is 108 Å². The van der Waals surface area contributed by atoms with Crippen LogP contribution in [-0.4, -0.2) is 87.4 Å². The molecule has 9 heteroatoms. The molecule has 464 valence electrons. The van der Waals surface area contributed by atoms with Crippen LogP contribution >= 0.6 is 0 Å². The van der Waals surface area contributed by atoms with Crippen molar-refractivity contribution in [3.05, 3.63) is 0 Å². The first-order valence-corrected chi connectivity index (χ1v) is 34.7. The first kappa shape index (κ1) is 76.3. The molecule has 1 N–H and O–H groups in total. The number of esters is 2. The maximum absolute atomic E-state index is 12.9. The van der Waals surface area contributed by atoms with E-state index in [2.05, 4.69) is 13.8 Å². The van der Waals surface area contributed by atoms with Crippen LogP contribution in [0.25, 0.3) is 0 Å². The van der Waals surface area contributed by atoms with E-state index in [0.717, 1.165) is 38.5 Å². The smallest absolute Gasteiger partial charge is 0.361 e. The molecule has 2 atom stereocenters. The van der Waals surface area contributed by atoms with Crippen LogP contribution in [-0.2, 0) is 33.3 Å². The van der Waals surface area contributed by atoms with Gasteiger partial charge < -0.3 is 28.5 Å². The largest absolute Gasteiger partial charge is 0.477 e. The Kier molecular flexibility index (Phi) is 60.0. The van der Waals surface area contributed by atoms with Crippen LogP contribution in [0.3, 0.4) is 0 Å². The highest BCUT2D eigenvalue weighted by Crippen LogP contribution is 2.19. The van der Waals surface area contributed by atoms with Gasteiger partial charge in [-0.05, 0) is 12.8 Å². The molecule has 0 spiro atoms. The van der Waals surface area contributed by atoms with E-state index in [-0.39, 0.29) is 38.2 Å². The zero-order chi connectivity index (χ0) is 56.9. The highest BCUT2D eigenvalue weighted by Gasteiger charge is 2.25. The van der Waals surface area contributed by atoms with E-state index in [9.17, 15) is 19.5 Å². The van der Waals surface area contributed by atoms with Gasteiger partial charge in [0.05, 0.1) is 34.4 Å². The number of carbonyl (C=O) groups excluding carboxylic acids is 2. The monoisotopic (exact) mass is 1110 g/mol. The minimum Gasteiger partial charge on any atom is -0.477 e. The lowest BCUT2D eigenvalue weighted by Gasteiger charge is -2.25. The van der Waals surface area contributed by atoms with Gasteiger partial charge in [0.25, 0.3) is 6.29 Å². The van der Waals surface area contributed by atoms with E-state index < -0.39 is 18.4 Å². The van der Waals surface area contributed by atoms with Crippen LogP contribution in [0.5, 0.6) is 0 Å². The number of hydrogen-bond acceptors (Lipinski definition) is 7. The zero-order valence-electron chi connectivity index (χ0n) is 53.1. The Hall–Kier alpha value is -1.71. The molecular weight excluding hydrogens is 971 g/mol. The molecule has 0 aliphatic carbocycles. The second-order valence-electron chi connectivity index (χ2n) is 25.2. The molecule has 78 heavy (non-hydrogen) atoms. The number of nitrogens with zero attached hydrogens (tertiary/aromatic N) is 1. The second-order valence-corrected chi connectivity index (χ2v) is 25.2. The lowest BCUT2D eigenvalue weighted by atomic mass is 10.0. The van der Waals surface area contributed by atoms with Gasteiger partial charge in [0.2, 0.25) is 0 Å². The number of carboxylic acids is 1. The Balaban J connectivity index is 4.04. The van der Waals surface area contributed by atoms with Gasteiger partial charge in [-0.25, -0.2) is 4.79 Å². The van der Waals surface area contributed by atoms with Gasteiger partial charge in [0, 0.05) is 12.8 Å². The molecule has 0 amide bonds. The van der Waals surface area contributed by atoms with Crippen molar-refractivity contribution >= 4 is 17.9 Å². The molecule has 0 aliphatic rings. The first-order valence-electron chi connectivity index (χ1n) is 34.7. The second kappa shape index (κ2) is 61.4. The van der Waals surface area contributed by atoms with E-state index in [4.69, 9.17) is 18.9 Å². The maximum Gasteiger partial charge on any atom is 0.361 e. The third-order valence-corrected chi connectivity index (χ3v) is 16.1. The van der Waals surface area contributed by atoms with Gasteiger partial charge in [0.15, 0.2) is 6.10 Å².